The van der Waals surface area contributed by atoms with Gasteiger partial charge in [0.15, 0.2) is 0 Å². The van der Waals surface area contributed by atoms with Gasteiger partial charge in [0.1, 0.15) is 6.33 Å². The highest BCUT2D eigenvalue weighted by Crippen LogP contribution is 2.33. The predicted molar refractivity (Wildman–Crippen MR) is 109 cm³/mol. The van der Waals surface area contributed by atoms with Crippen LogP contribution in [-0.2, 0) is 0 Å². The number of aromatic nitrogens is 2. The van der Waals surface area contributed by atoms with E-state index >= 15 is 0 Å². The monoisotopic (exact) mass is 343 g/mol. The number of thioether (sulfide) groups is 1. The Bertz CT molecular complexity index is 584. The summed E-state index contributed by atoms with van der Waals surface area (Å²) in [4.78, 5) is 10.1. The second-order valence-corrected chi connectivity index (χ2v) is 6.58. The van der Waals surface area contributed by atoms with Crippen molar-refractivity contribution in [3.05, 3.63) is 78.4 Å². The summed E-state index contributed by atoms with van der Waals surface area (Å²) < 4.78 is 0. The highest BCUT2D eigenvalue weighted by molar-refractivity contribution is 8.11. The molecule has 0 saturated carbocycles. The molecule has 0 fully saturated rings. The van der Waals surface area contributed by atoms with Crippen molar-refractivity contribution in [1.29, 1.82) is 0 Å². The van der Waals surface area contributed by atoms with Gasteiger partial charge in [-0.3, -0.25) is 0 Å². The van der Waals surface area contributed by atoms with Crippen LogP contribution < -0.4 is 5.73 Å². The van der Waals surface area contributed by atoms with E-state index in [0.29, 0.717) is 11.6 Å². The quantitative estimate of drug-likeness (QED) is 0.643. The van der Waals surface area contributed by atoms with Crippen LogP contribution in [0.2, 0.25) is 0 Å². The lowest BCUT2D eigenvalue weighted by Gasteiger charge is -2.08. The van der Waals surface area contributed by atoms with E-state index in [4.69, 9.17) is 5.73 Å². The molecule has 0 aliphatic rings. The standard InChI is InChI=1S/C17H21N3S.C3H8/c1-5-16(18)8-6-7-14(4)21-17(9-13(2)3)15-10-19-12-20-11-15;1-3-2/h5-13H,1,4,18H2,2-3H3;3H2,1-2H3/b7-6+,16-8+,17-9-;. The summed E-state index contributed by atoms with van der Waals surface area (Å²) in [6, 6.07) is 0. The number of nitrogens with two attached hydrogens (primary N) is 1. The van der Waals surface area contributed by atoms with Crippen LogP contribution in [0.15, 0.2) is 72.9 Å². The fourth-order valence-corrected chi connectivity index (χ4v) is 2.42. The summed E-state index contributed by atoms with van der Waals surface area (Å²) in [5.74, 6) is 0.431. The molecule has 130 valence electrons. The van der Waals surface area contributed by atoms with E-state index in [0.717, 1.165) is 15.4 Å². The van der Waals surface area contributed by atoms with Crippen molar-refractivity contribution in [2.24, 2.45) is 11.7 Å². The molecular formula is C20H29N3S. The summed E-state index contributed by atoms with van der Waals surface area (Å²) in [5, 5.41) is 0. The molecule has 4 heteroatoms. The lowest BCUT2D eigenvalue weighted by Crippen LogP contribution is -1.90. The van der Waals surface area contributed by atoms with E-state index in [1.165, 1.54) is 12.7 Å². The van der Waals surface area contributed by atoms with E-state index in [9.17, 15) is 0 Å². The van der Waals surface area contributed by atoms with Gasteiger partial charge in [0, 0.05) is 33.5 Å². The van der Waals surface area contributed by atoms with Crippen LogP contribution in [0.5, 0.6) is 0 Å². The lowest BCUT2D eigenvalue weighted by atomic mass is 10.2. The van der Waals surface area contributed by atoms with E-state index in [1.807, 2.05) is 12.2 Å². The summed E-state index contributed by atoms with van der Waals surface area (Å²) >= 11 is 1.59. The summed E-state index contributed by atoms with van der Waals surface area (Å²) in [5.41, 5.74) is 7.26. The fourth-order valence-electron chi connectivity index (χ4n) is 1.43. The molecule has 0 aromatic carbocycles. The zero-order valence-electron chi connectivity index (χ0n) is 15.2. The third-order valence-corrected chi connectivity index (χ3v) is 3.37. The fraction of sp³-hybridized carbons (Fsp3) is 0.300. The molecule has 0 unspecified atom stereocenters. The first-order chi connectivity index (χ1) is 11.4. The van der Waals surface area contributed by atoms with Crippen molar-refractivity contribution in [3.63, 3.8) is 0 Å². The van der Waals surface area contributed by atoms with Gasteiger partial charge in [-0.25, -0.2) is 9.97 Å². The second kappa shape index (κ2) is 13.4. The molecule has 24 heavy (non-hydrogen) atoms. The van der Waals surface area contributed by atoms with E-state index in [1.54, 1.807) is 36.3 Å². The number of nitrogens with zero attached hydrogens (tertiary/aromatic N) is 2. The number of allylic oxidation sites excluding steroid dienone is 5. The molecule has 2 N–H and O–H groups in total. The highest BCUT2D eigenvalue weighted by atomic mass is 32.2. The van der Waals surface area contributed by atoms with Crippen molar-refractivity contribution in [2.75, 3.05) is 0 Å². The lowest BCUT2D eigenvalue weighted by molar-refractivity contribution is 0.835. The average molecular weight is 344 g/mol. The normalized spacial score (nSPS) is 12.0. The molecule has 0 radical (unpaired) electrons. The van der Waals surface area contributed by atoms with Crippen LogP contribution in [0.25, 0.3) is 4.91 Å². The van der Waals surface area contributed by atoms with Crippen molar-refractivity contribution in [3.8, 4) is 0 Å². The van der Waals surface area contributed by atoms with Crippen molar-refractivity contribution in [1.82, 2.24) is 9.97 Å². The first kappa shape index (κ1) is 21.9. The molecule has 0 amide bonds. The molecule has 0 aliphatic carbocycles. The number of hydrogen-bond donors (Lipinski definition) is 1. The number of hydrogen-bond acceptors (Lipinski definition) is 4. The Morgan fingerprint density at radius 2 is 1.88 bits per heavy atom. The van der Waals surface area contributed by atoms with Crippen molar-refractivity contribution < 1.29 is 0 Å². The maximum Gasteiger partial charge on any atom is 0.115 e. The molecule has 1 rings (SSSR count). The topological polar surface area (TPSA) is 51.8 Å². The predicted octanol–water partition coefficient (Wildman–Crippen LogP) is 5.72. The summed E-state index contributed by atoms with van der Waals surface area (Å²) in [6.45, 7) is 16.2. The van der Waals surface area contributed by atoms with Crippen LogP contribution in [0.3, 0.4) is 0 Å². The first-order valence-corrected chi connectivity index (χ1v) is 8.86. The Morgan fingerprint density at radius 3 is 2.38 bits per heavy atom. The molecule has 0 saturated heterocycles. The minimum absolute atomic E-state index is 0.431. The Morgan fingerprint density at radius 1 is 1.29 bits per heavy atom. The van der Waals surface area contributed by atoms with Gasteiger partial charge in [0.25, 0.3) is 0 Å². The Kier molecular flexibility index (Phi) is 12.2. The molecule has 0 bridgehead atoms. The molecular weight excluding hydrogens is 314 g/mol. The van der Waals surface area contributed by atoms with Gasteiger partial charge in [-0.1, -0.05) is 71.2 Å². The largest absolute Gasteiger partial charge is 0.399 e. The highest BCUT2D eigenvalue weighted by Gasteiger charge is 2.05. The van der Waals surface area contributed by atoms with Crippen LogP contribution >= 0.6 is 11.8 Å². The smallest absolute Gasteiger partial charge is 0.115 e. The Labute approximate surface area is 151 Å². The van der Waals surface area contributed by atoms with Crippen molar-refractivity contribution >= 4 is 16.7 Å². The van der Waals surface area contributed by atoms with Crippen LogP contribution in [0.1, 0.15) is 39.7 Å². The van der Waals surface area contributed by atoms with Gasteiger partial charge >= 0.3 is 0 Å². The van der Waals surface area contributed by atoms with Crippen LogP contribution in [0.4, 0.5) is 0 Å². The average Bonchev–Trinajstić information content (AvgIpc) is 2.55. The van der Waals surface area contributed by atoms with Gasteiger partial charge < -0.3 is 5.73 Å². The minimum Gasteiger partial charge on any atom is -0.399 e. The maximum atomic E-state index is 5.64. The van der Waals surface area contributed by atoms with Crippen LogP contribution in [0, 0.1) is 5.92 Å². The molecule has 1 heterocycles. The van der Waals surface area contributed by atoms with Crippen LogP contribution in [-0.4, -0.2) is 9.97 Å². The zero-order chi connectivity index (χ0) is 18.4. The van der Waals surface area contributed by atoms with Gasteiger partial charge in [-0.15, -0.1) is 0 Å². The minimum atomic E-state index is 0.431. The van der Waals surface area contributed by atoms with Gasteiger partial charge in [0.2, 0.25) is 0 Å². The van der Waals surface area contributed by atoms with Crippen molar-refractivity contribution in [2.45, 2.75) is 34.1 Å². The van der Waals surface area contributed by atoms with E-state index < -0.39 is 0 Å². The molecule has 3 nitrogen and oxygen atoms in total. The third kappa shape index (κ3) is 10.6. The zero-order valence-corrected chi connectivity index (χ0v) is 16.0. The Balaban J connectivity index is 0.00000163. The second-order valence-electron chi connectivity index (χ2n) is 5.41. The molecule has 1 aromatic rings. The first-order valence-electron chi connectivity index (χ1n) is 8.04. The third-order valence-electron chi connectivity index (χ3n) is 2.38. The van der Waals surface area contributed by atoms with Gasteiger partial charge in [-0.2, -0.15) is 0 Å². The maximum absolute atomic E-state index is 5.64. The van der Waals surface area contributed by atoms with Gasteiger partial charge in [-0.05, 0) is 24.1 Å². The molecule has 1 aromatic heterocycles. The Hall–Kier alpha value is -2.07. The van der Waals surface area contributed by atoms with E-state index in [-0.39, 0.29) is 0 Å². The molecule has 0 spiro atoms. The SMILES string of the molecule is C=C/C(N)=C\C=C\C(=C)S/C(=C\C(C)C)c1cncnc1.CCC. The summed E-state index contributed by atoms with van der Waals surface area (Å²) in [7, 11) is 0. The van der Waals surface area contributed by atoms with E-state index in [2.05, 4.69) is 56.9 Å². The molecule has 0 atom stereocenters. The van der Waals surface area contributed by atoms with Gasteiger partial charge in [0.05, 0.1) is 0 Å². The number of rotatable bonds is 7. The summed E-state index contributed by atoms with van der Waals surface area (Å²) in [6.07, 6.45) is 15.7. The molecule has 0 aliphatic heterocycles.